The molecule has 72 valence electrons. The number of hydrogen-bond acceptors (Lipinski definition) is 3. The Bertz CT molecular complexity index is 379. The van der Waals surface area contributed by atoms with Crippen molar-refractivity contribution in [3.63, 3.8) is 0 Å². The van der Waals surface area contributed by atoms with Gasteiger partial charge in [-0.1, -0.05) is 11.6 Å². The Morgan fingerprint density at radius 2 is 2.36 bits per heavy atom. The molecule has 1 aromatic rings. The van der Waals surface area contributed by atoms with Gasteiger partial charge >= 0.3 is 0 Å². The van der Waals surface area contributed by atoms with Crippen molar-refractivity contribution >= 4 is 17.3 Å². The van der Waals surface area contributed by atoms with E-state index in [0.29, 0.717) is 16.8 Å². The van der Waals surface area contributed by atoms with Crippen molar-refractivity contribution in [2.24, 2.45) is 0 Å². The van der Waals surface area contributed by atoms with Gasteiger partial charge in [-0.2, -0.15) is 5.26 Å². The standard InChI is InChI=1S/C10H10ClN3/c11-10-4-9(7(5-12)6-13-10)14-8-2-1-3-8/h4,6,8H,1-3H2,(H,13,14). The lowest BCUT2D eigenvalue weighted by atomic mass is 9.93. The summed E-state index contributed by atoms with van der Waals surface area (Å²) in [5.74, 6) is 0. The van der Waals surface area contributed by atoms with Crippen molar-refractivity contribution in [3.8, 4) is 6.07 Å². The molecule has 0 unspecified atom stereocenters. The minimum Gasteiger partial charge on any atom is -0.381 e. The minimum atomic E-state index is 0.422. The van der Waals surface area contributed by atoms with E-state index in [1.807, 2.05) is 0 Å². The summed E-state index contributed by atoms with van der Waals surface area (Å²) in [6, 6.07) is 4.30. The molecule has 1 aliphatic rings. The number of nitrogens with one attached hydrogen (secondary N) is 1. The van der Waals surface area contributed by atoms with Crippen LogP contribution in [0.1, 0.15) is 24.8 Å². The van der Waals surface area contributed by atoms with Gasteiger partial charge in [-0.05, 0) is 25.3 Å². The molecule has 1 heterocycles. The van der Waals surface area contributed by atoms with Crippen LogP contribution in [0.4, 0.5) is 5.69 Å². The molecule has 1 aromatic heterocycles. The molecule has 2 rings (SSSR count). The Kier molecular flexibility index (Phi) is 2.55. The SMILES string of the molecule is N#Cc1cnc(Cl)cc1NC1CCC1. The molecule has 0 amide bonds. The summed E-state index contributed by atoms with van der Waals surface area (Å²) in [5, 5.41) is 12.6. The number of aromatic nitrogens is 1. The summed E-state index contributed by atoms with van der Waals surface area (Å²) in [4.78, 5) is 3.86. The largest absolute Gasteiger partial charge is 0.381 e. The fraction of sp³-hybridized carbons (Fsp3) is 0.400. The van der Waals surface area contributed by atoms with E-state index >= 15 is 0 Å². The van der Waals surface area contributed by atoms with E-state index in [0.717, 1.165) is 5.69 Å². The topological polar surface area (TPSA) is 48.7 Å². The zero-order chi connectivity index (χ0) is 9.97. The number of anilines is 1. The van der Waals surface area contributed by atoms with Crippen LogP contribution in [-0.2, 0) is 0 Å². The van der Waals surface area contributed by atoms with E-state index < -0.39 is 0 Å². The van der Waals surface area contributed by atoms with Crippen molar-refractivity contribution in [1.29, 1.82) is 5.26 Å². The molecule has 0 saturated heterocycles. The highest BCUT2D eigenvalue weighted by Gasteiger charge is 2.18. The molecule has 3 nitrogen and oxygen atoms in total. The van der Waals surface area contributed by atoms with Gasteiger partial charge in [-0.3, -0.25) is 0 Å². The van der Waals surface area contributed by atoms with Crippen LogP contribution in [0.25, 0.3) is 0 Å². The highest BCUT2D eigenvalue weighted by atomic mass is 35.5. The first-order valence-corrected chi connectivity index (χ1v) is 4.99. The maximum Gasteiger partial charge on any atom is 0.131 e. The molecule has 0 spiro atoms. The maximum absolute atomic E-state index is 8.84. The summed E-state index contributed by atoms with van der Waals surface area (Å²) in [7, 11) is 0. The molecule has 1 fully saturated rings. The van der Waals surface area contributed by atoms with Gasteiger partial charge in [-0.25, -0.2) is 4.98 Å². The molecular weight excluding hydrogens is 198 g/mol. The number of rotatable bonds is 2. The molecule has 1 aliphatic carbocycles. The van der Waals surface area contributed by atoms with Gasteiger partial charge in [0.05, 0.1) is 11.3 Å². The van der Waals surface area contributed by atoms with Gasteiger partial charge in [0, 0.05) is 12.2 Å². The van der Waals surface area contributed by atoms with Crippen molar-refractivity contribution in [2.45, 2.75) is 25.3 Å². The number of pyridine rings is 1. The van der Waals surface area contributed by atoms with Crippen LogP contribution in [0, 0.1) is 11.3 Å². The number of nitriles is 1. The molecule has 1 saturated carbocycles. The van der Waals surface area contributed by atoms with Crippen LogP contribution in [-0.4, -0.2) is 11.0 Å². The molecule has 14 heavy (non-hydrogen) atoms. The van der Waals surface area contributed by atoms with Crippen molar-refractivity contribution < 1.29 is 0 Å². The quantitative estimate of drug-likeness (QED) is 0.759. The van der Waals surface area contributed by atoms with Gasteiger partial charge in [-0.15, -0.1) is 0 Å². The highest BCUT2D eigenvalue weighted by Crippen LogP contribution is 2.26. The van der Waals surface area contributed by atoms with Crippen molar-refractivity contribution in [3.05, 3.63) is 23.0 Å². The van der Waals surface area contributed by atoms with Gasteiger partial charge in [0.1, 0.15) is 11.2 Å². The predicted octanol–water partition coefficient (Wildman–Crippen LogP) is 2.57. The van der Waals surface area contributed by atoms with E-state index in [1.54, 1.807) is 6.07 Å². The zero-order valence-corrected chi connectivity index (χ0v) is 8.38. The second-order valence-corrected chi connectivity index (χ2v) is 3.82. The predicted molar refractivity (Wildman–Crippen MR) is 55.2 cm³/mol. The third kappa shape index (κ3) is 1.80. The summed E-state index contributed by atoms with van der Waals surface area (Å²) < 4.78 is 0. The lowest BCUT2D eigenvalue weighted by molar-refractivity contribution is 0.445. The maximum atomic E-state index is 8.84. The number of nitrogens with zero attached hydrogens (tertiary/aromatic N) is 2. The molecule has 0 radical (unpaired) electrons. The third-order valence-electron chi connectivity index (χ3n) is 2.46. The van der Waals surface area contributed by atoms with Crippen molar-refractivity contribution in [2.75, 3.05) is 5.32 Å². The Balaban J connectivity index is 2.21. The molecule has 0 aliphatic heterocycles. The van der Waals surface area contributed by atoms with E-state index in [9.17, 15) is 0 Å². The Labute approximate surface area is 87.7 Å². The smallest absolute Gasteiger partial charge is 0.131 e. The summed E-state index contributed by atoms with van der Waals surface area (Å²) in [6.07, 6.45) is 5.11. The van der Waals surface area contributed by atoms with E-state index in [1.165, 1.54) is 25.5 Å². The molecular formula is C10H10ClN3. The summed E-state index contributed by atoms with van der Waals surface area (Å²) in [6.45, 7) is 0. The molecule has 4 heteroatoms. The minimum absolute atomic E-state index is 0.422. The zero-order valence-electron chi connectivity index (χ0n) is 7.63. The lowest BCUT2D eigenvalue weighted by Crippen LogP contribution is -2.27. The molecule has 1 N–H and O–H groups in total. The van der Waals surface area contributed by atoms with Gasteiger partial charge in [0.2, 0.25) is 0 Å². The normalized spacial score (nSPS) is 15.7. The van der Waals surface area contributed by atoms with Crippen LogP contribution < -0.4 is 5.32 Å². The van der Waals surface area contributed by atoms with E-state index in [4.69, 9.17) is 16.9 Å². The van der Waals surface area contributed by atoms with Crippen LogP contribution in [0.5, 0.6) is 0 Å². The van der Waals surface area contributed by atoms with Crippen LogP contribution in [0.2, 0.25) is 5.15 Å². The van der Waals surface area contributed by atoms with E-state index in [2.05, 4.69) is 16.4 Å². The number of hydrogen-bond donors (Lipinski definition) is 1. The Hall–Kier alpha value is -1.27. The molecule has 0 aromatic carbocycles. The molecule has 0 bridgehead atoms. The second kappa shape index (κ2) is 3.85. The van der Waals surface area contributed by atoms with Crippen molar-refractivity contribution in [1.82, 2.24) is 4.98 Å². The fourth-order valence-electron chi connectivity index (χ4n) is 1.41. The van der Waals surface area contributed by atoms with Gasteiger partial charge in [0.25, 0.3) is 0 Å². The second-order valence-electron chi connectivity index (χ2n) is 3.44. The average Bonchev–Trinajstić information content (AvgIpc) is 2.12. The lowest BCUT2D eigenvalue weighted by Gasteiger charge is -2.27. The van der Waals surface area contributed by atoms with Gasteiger partial charge in [0.15, 0.2) is 0 Å². The Morgan fingerprint density at radius 3 is 2.93 bits per heavy atom. The Morgan fingerprint density at radius 1 is 1.57 bits per heavy atom. The van der Waals surface area contributed by atoms with E-state index in [-0.39, 0.29) is 0 Å². The third-order valence-corrected chi connectivity index (χ3v) is 2.66. The first kappa shape index (κ1) is 9.29. The van der Waals surface area contributed by atoms with Gasteiger partial charge < -0.3 is 5.32 Å². The highest BCUT2D eigenvalue weighted by molar-refractivity contribution is 6.29. The fourth-order valence-corrected chi connectivity index (χ4v) is 1.57. The monoisotopic (exact) mass is 207 g/mol. The first-order chi connectivity index (χ1) is 6.79. The number of halogens is 1. The van der Waals surface area contributed by atoms with Crippen LogP contribution in [0.15, 0.2) is 12.3 Å². The summed E-state index contributed by atoms with van der Waals surface area (Å²) >= 11 is 5.76. The first-order valence-electron chi connectivity index (χ1n) is 4.62. The molecule has 0 atom stereocenters. The average molecular weight is 208 g/mol. The van der Waals surface area contributed by atoms with Crippen LogP contribution >= 0.6 is 11.6 Å². The summed E-state index contributed by atoms with van der Waals surface area (Å²) in [5.41, 5.74) is 1.36. The van der Waals surface area contributed by atoms with Crippen LogP contribution in [0.3, 0.4) is 0 Å².